The topological polar surface area (TPSA) is 73.2 Å². The third-order valence-corrected chi connectivity index (χ3v) is 6.08. The highest BCUT2D eigenvalue weighted by molar-refractivity contribution is 8.78. The minimum Gasteiger partial charge on any atom is -0.332 e. The van der Waals surface area contributed by atoms with E-state index >= 15 is 0 Å². The Morgan fingerprint density at radius 3 is 3.00 bits per heavy atom. The number of carbonyl (C=O) groups excluding carboxylic acids is 2. The molecule has 0 aromatic carbocycles. The van der Waals surface area contributed by atoms with Crippen molar-refractivity contribution in [3.8, 4) is 6.07 Å². The molecule has 78 valence electrons. The first kappa shape index (κ1) is 9.36. The van der Waals surface area contributed by atoms with Crippen molar-refractivity contribution in [2.45, 2.75) is 16.7 Å². The first-order valence-corrected chi connectivity index (χ1v) is 6.75. The maximum absolute atomic E-state index is 11.8. The van der Waals surface area contributed by atoms with Gasteiger partial charge in [-0.15, -0.1) is 0 Å². The minimum atomic E-state index is -0.809. The van der Waals surface area contributed by atoms with Gasteiger partial charge in [0.25, 0.3) is 11.8 Å². The largest absolute Gasteiger partial charge is 0.332 e. The smallest absolute Gasteiger partial charge is 0.258 e. The molecule has 3 unspecified atom stereocenters. The van der Waals surface area contributed by atoms with Gasteiger partial charge in [0.1, 0.15) is 0 Å². The van der Waals surface area contributed by atoms with E-state index in [2.05, 4.69) is 11.4 Å². The van der Waals surface area contributed by atoms with Crippen LogP contribution >= 0.6 is 21.6 Å². The molecule has 0 aromatic rings. The lowest BCUT2D eigenvalue weighted by Crippen LogP contribution is -2.68. The number of rotatable bonds is 0. The van der Waals surface area contributed by atoms with Crippen LogP contribution in [0.2, 0.25) is 0 Å². The van der Waals surface area contributed by atoms with Gasteiger partial charge in [-0.2, -0.15) is 5.26 Å². The second-order valence-electron chi connectivity index (χ2n) is 3.80. The Morgan fingerprint density at radius 2 is 2.40 bits per heavy atom. The Labute approximate surface area is 93.9 Å². The first-order valence-electron chi connectivity index (χ1n) is 4.54. The molecule has 2 amide bonds. The molecule has 4 fully saturated rings. The SMILES string of the molecule is N#CC1CN2C(=O)C3NC(=O)C2(C1)SS3. The fourth-order valence-corrected chi connectivity index (χ4v) is 5.33. The summed E-state index contributed by atoms with van der Waals surface area (Å²) in [6.45, 7) is 0.396. The second-order valence-corrected chi connectivity index (χ2v) is 6.38. The van der Waals surface area contributed by atoms with E-state index in [1.165, 1.54) is 21.6 Å². The zero-order valence-electron chi connectivity index (χ0n) is 7.60. The van der Waals surface area contributed by atoms with E-state index in [0.29, 0.717) is 13.0 Å². The fraction of sp³-hybridized carbons (Fsp3) is 0.625. The van der Waals surface area contributed by atoms with Crippen molar-refractivity contribution in [2.24, 2.45) is 5.92 Å². The molecule has 4 saturated heterocycles. The quantitative estimate of drug-likeness (QED) is 0.600. The third kappa shape index (κ3) is 1.01. The van der Waals surface area contributed by atoms with Gasteiger partial charge in [-0.25, -0.2) is 0 Å². The number of piperazine rings is 1. The Hall–Kier alpha value is -0.870. The molecule has 5 nitrogen and oxygen atoms in total. The minimum absolute atomic E-state index is 0.0592. The lowest BCUT2D eigenvalue weighted by atomic mass is 10.1. The molecule has 4 aliphatic heterocycles. The van der Waals surface area contributed by atoms with E-state index < -0.39 is 10.2 Å². The van der Waals surface area contributed by atoms with Gasteiger partial charge in [-0.05, 0) is 0 Å². The van der Waals surface area contributed by atoms with Crippen molar-refractivity contribution in [1.82, 2.24) is 10.2 Å². The summed E-state index contributed by atoms with van der Waals surface area (Å²) in [5, 5.41) is 11.1. The monoisotopic (exact) mass is 241 g/mol. The molecule has 2 bridgehead atoms. The average molecular weight is 241 g/mol. The van der Waals surface area contributed by atoms with Crippen LogP contribution in [0, 0.1) is 17.2 Å². The van der Waals surface area contributed by atoms with Gasteiger partial charge in [0.05, 0.1) is 12.0 Å². The molecule has 7 heteroatoms. The lowest BCUT2D eigenvalue weighted by Gasteiger charge is -2.47. The van der Waals surface area contributed by atoms with E-state index in [9.17, 15) is 9.59 Å². The van der Waals surface area contributed by atoms with Crippen molar-refractivity contribution in [1.29, 1.82) is 5.26 Å². The number of nitriles is 1. The Bertz CT molecular complexity index is 405. The van der Waals surface area contributed by atoms with Gasteiger partial charge < -0.3 is 10.2 Å². The van der Waals surface area contributed by atoms with Crippen LogP contribution in [0.5, 0.6) is 0 Å². The summed E-state index contributed by atoms with van der Waals surface area (Å²) in [5.74, 6) is -0.394. The maximum atomic E-state index is 11.8. The predicted molar refractivity (Wildman–Crippen MR) is 55.3 cm³/mol. The van der Waals surface area contributed by atoms with E-state index in [-0.39, 0.29) is 17.7 Å². The van der Waals surface area contributed by atoms with E-state index in [1.807, 2.05) is 0 Å². The van der Waals surface area contributed by atoms with Crippen LogP contribution in [0.15, 0.2) is 0 Å². The zero-order chi connectivity index (χ0) is 10.6. The van der Waals surface area contributed by atoms with Crippen molar-refractivity contribution in [2.75, 3.05) is 6.54 Å². The van der Waals surface area contributed by atoms with Crippen LogP contribution in [-0.2, 0) is 9.59 Å². The maximum Gasteiger partial charge on any atom is 0.258 e. The molecular formula is C8H7N3O2S2. The highest BCUT2D eigenvalue weighted by Crippen LogP contribution is 2.55. The summed E-state index contributed by atoms with van der Waals surface area (Å²) in [5.41, 5.74) is 0. The number of nitrogens with one attached hydrogen (secondary N) is 1. The standard InChI is InChI=1S/C8H7N3O2S2/c9-2-4-1-8-7(13)10-5(14-15-8)6(12)11(8)3-4/h4-5H,1,3H2,(H,10,13). The predicted octanol–water partition coefficient (Wildman–Crippen LogP) is -0.0943. The summed E-state index contributed by atoms with van der Waals surface area (Å²) in [6, 6.07) is 2.14. The third-order valence-electron chi connectivity index (χ3n) is 2.93. The zero-order valence-corrected chi connectivity index (χ0v) is 9.23. The van der Waals surface area contributed by atoms with Crippen molar-refractivity contribution >= 4 is 33.4 Å². The Kier molecular flexibility index (Phi) is 1.77. The molecule has 4 aliphatic rings. The first-order chi connectivity index (χ1) is 7.17. The van der Waals surface area contributed by atoms with Crippen LogP contribution in [-0.4, -0.2) is 33.5 Å². The van der Waals surface area contributed by atoms with E-state index in [0.717, 1.165) is 0 Å². The van der Waals surface area contributed by atoms with Crippen molar-refractivity contribution in [3.63, 3.8) is 0 Å². The van der Waals surface area contributed by atoms with Crippen LogP contribution in [0.25, 0.3) is 0 Å². The van der Waals surface area contributed by atoms with Gasteiger partial charge >= 0.3 is 0 Å². The number of carbonyl (C=O) groups is 2. The van der Waals surface area contributed by atoms with E-state index in [4.69, 9.17) is 5.26 Å². The molecule has 0 radical (unpaired) electrons. The molecule has 0 saturated carbocycles. The van der Waals surface area contributed by atoms with Gasteiger partial charge in [0.15, 0.2) is 10.2 Å². The second kappa shape index (κ2) is 2.83. The summed E-state index contributed by atoms with van der Waals surface area (Å²) in [6.07, 6.45) is 0.450. The highest BCUT2D eigenvalue weighted by atomic mass is 33.1. The average Bonchev–Trinajstić information content (AvgIpc) is 2.62. The van der Waals surface area contributed by atoms with Crippen LogP contribution in [0.3, 0.4) is 0 Å². The summed E-state index contributed by atoms with van der Waals surface area (Å²) < 4.78 is 0. The van der Waals surface area contributed by atoms with Gasteiger partial charge in [0.2, 0.25) is 0 Å². The molecule has 1 spiro atoms. The number of nitrogens with zero attached hydrogens (tertiary/aromatic N) is 2. The van der Waals surface area contributed by atoms with Gasteiger partial charge in [0, 0.05) is 13.0 Å². The molecule has 4 rings (SSSR count). The summed E-state index contributed by atoms with van der Waals surface area (Å²) in [7, 11) is 2.81. The van der Waals surface area contributed by atoms with Crippen LogP contribution in [0.1, 0.15) is 6.42 Å². The van der Waals surface area contributed by atoms with Crippen LogP contribution < -0.4 is 5.32 Å². The van der Waals surface area contributed by atoms with Gasteiger partial charge in [-0.1, -0.05) is 21.6 Å². The Morgan fingerprint density at radius 1 is 1.60 bits per heavy atom. The normalized spacial score (nSPS) is 42.5. The fourth-order valence-electron chi connectivity index (χ4n) is 2.19. The van der Waals surface area contributed by atoms with Gasteiger partial charge in [-0.3, -0.25) is 9.59 Å². The molecular weight excluding hydrogens is 234 g/mol. The highest BCUT2D eigenvalue weighted by Gasteiger charge is 2.62. The number of hydrogen-bond acceptors (Lipinski definition) is 5. The Balaban J connectivity index is 2.05. The van der Waals surface area contributed by atoms with Crippen molar-refractivity contribution in [3.05, 3.63) is 0 Å². The molecule has 3 atom stereocenters. The molecule has 0 aliphatic carbocycles. The summed E-state index contributed by atoms with van der Waals surface area (Å²) in [4.78, 5) is 24.4. The number of fused-ring (bicyclic) bond motifs is 2. The summed E-state index contributed by atoms with van der Waals surface area (Å²) >= 11 is 0. The molecule has 4 heterocycles. The number of hydrogen-bond donors (Lipinski definition) is 1. The molecule has 1 N–H and O–H groups in total. The lowest BCUT2D eigenvalue weighted by molar-refractivity contribution is -0.146. The van der Waals surface area contributed by atoms with E-state index in [1.54, 1.807) is 4.90 Å². The molecule has 15 heavy (non-hydrogen) atoms. The molecule has 0 aromatic heterocycles. The van der Waals surface area contributed by atoms with Crippen molar-refractivity contribution < 1.29 is 9.59 Å². The number of amides is 2. The van der Waals surface area contributed by atoms with Crippen LogP contribution in [0.4, 0.5) is 0 Å².